The highest BCUT2D eigenvalue weighted by Gasteiger charge is 2.16. The second-order valence-corrected chi connectivity index (χ2v) is 6.76. The van der Waals surface area contributed by atoms with Crippen molar-refractivity contribution in [1.82, 2.24) is 0 Å². The largest absolute Gasteiger partial charge is 0.495 e. The second-order valence-electron chi connectivity index (χ2n) is 4.56. The van der Waals surface area contributed by atoms with Crippen LogP contribution in [0.3, 0.4) is 0 Å². The van der Waals surface area contributed by atoms with Crippen molar-refractivity contribution in [2.45, 2.75) is 13.8 Å². The average Bonchev–Trinajstić information content (AvgIpc) is 2.26. The fraction of sp³-hybridized carbons (Fsp3) is 0.417. The van der Waals surface area contributed by atoms with Gasteiger partial charge in [-0.15, -0.1) is 0 Å². The Morgan fingerprint density at radius 3 is 2.58 bits per heavy atom. The van der Waals surface area contributed by atoms with Crippen molar-refractivity contribution in [3.05, 3.63) is 23.8 Å². The smallest absolute Gasteiger partial charge is 0.233 e. The highest BCUT2D eigenvalue weighted by Crippen LogP contribution is 2.26. The molecule has 0 aromatic heterocycles. The molecule has 1 rings (SSSR count). The highest BCUT2D eigenvalue weighted by atomic mass is 32.2. The summed E-state index contributed by atoms with van der Waals surface area (Å²) in [5.41, 5.74) is 6.52. The van der Waals surface area contributed by atoms with E-state index in [2.05, 4.69) is 4.72 Å². The van der Waals surface area contributed by atoms with Crippen LogP contribution in [0, 0.1) is 5.92 Å². The first-order chi connectivity index (χ1) is 8.75. The Labute approximate surface area is 119 Å². The molecule has 1 aromatic carbocycles. The van der Waals surface area contributed by atoms with Gasteiger partial charge in [-0.3, -0.25) is 4.72 Å². The van der Waals surface area contributed by atoms with E-state index in [1.54, 1.807) is 18.2 Å². The van der Waals surface area contributed by atoms with Gasteiger partial charge in [0.1, 0.15) is 10.7 Å². The lowest BCUT2D eigenvalue weighted by atomic mass is 10.2. The van der Waals surface area contributed by atoms with Gasteiger partial charge >= 0.3 is 0 Å². The van der Waals surface area contributed by atoms with Gasteiger partial charge in [-0.25, -0.2) is 8.42 Å². The maximum Gasteiger partial charge on any atom is 0.233 e. The summed E-state index contributed by atoms with van der Waals surface area (Å²) in [5, 5.41) is 0. The number of hydrogen-bond acceptors (Lipinski definition) is 4. The molecule has 5 nitrogen and oxygen atoms in total. The number of rotatable bonds is 6. The van der Waals surface area contributed by atoms with Crippen LogP contribution in [-0.2, 0) is 10.0 Å². The molecule has 0 fully saturated rings. The van der Waals surface area contributed by atoms with Gasteiger partial charge < -0.3 is 10.5 Å². The van der Waals surface area contributed by atoms with Crippen LogP contribution in [0.4, 0.5) is 5.69 Å². The quantitative estimate of drug-likeness (QED) is 0.782. The fourth-order valence-electron chi connectivity index (χ4n) is 1.58. The van der Waals surface area contributed by atoms with Gasteiger partial charge in [-0.2, -0.15) is 0 Å². The highest BCUT2D eigenvalue weighted by molar-refractivity contribution is 7.92. The van der Waals surface area contributed by atoms with E-state index >= 15 is 0 Å². The Morgan fingerprint density at radius 2 is 2.11 bits per heavy atom. The van der Waals surface area contributed by atoms with Crippen molar-refractivity contribution < 1.29 is 13.2 Å². The number of thiocarbonyl (C=S) groups is 1. The summed E-state index contributed by atoms with van der Waals surface area (Å²) in [6, 6.07) is 4.85. The van der Waals surface area contributed by atoms with Gasteiger partial charge in [-0.1, -0.05) is 26.1 Å². The summed E-state index contributed by atoms with van der Waals surface area (Å²) in [7, 11) is -1.94. The number of benzene rings is 1. The minimum atomic E-state index is -3.39. The van der Waals surface area contributed by atoms with Crippen molar-refractivity contribution in [2.24, 2.45) is 11.7 Å². The molecule has 19 heavy (non-hydrogen) atoms. The molecule has 0 atom stereocenters. The predicted octanol–water partition coefficient (Wildman–Crippen LogP) is 1.73. The summed E-state index contributed by atoms with van der Waals surface area (Å²) in [5.74, 6) is 0.477. The molecule has 0 saturated carbocycles. The van der Waals surface area contributed by atoms with Crippen LogP contribution in [0.2, 0.25) is 0 Å². The fourth-order valence-corrected chi connectivity index (χ4v) is 3.17. The van der Waals surface area contributed by atoms with E-state index in [-0.39, 0.29) is 16.7 Å². The summed E-state index contributed by atoms with van der Waals surface area (Å²) in [6.07, 6.45) is 0. The Balaban J connectivity index is 3.05. The SMILES string of the molecule is COc1cc(C(N)=S)ccc1NS(=O)(=O)CC(C)C. The molecule has 106 valence electrons. The Morgan fingerprint density at radius 1 is 1.47 bits per heavy atom. The van der Waals surface area contributed by atoms with Gasteiger partial charge in [0.05, 0.1) is 18.6 Å². The van der Waals surface area contributed by atoms with Gasteiger partial charge in [-0.05, 0) is 24.1 Å². The molecule has 7 heteroatoms. The number of anilines is 1. The molecule has 0 aliphatic heterocycles. The van der Waals surface area contributed by atoms with Crippen molar-refractivity contribution in [1.29, 1.82) is 0 Å². The second kappa shape index (κ2) is 6.21. The van der Waals surface area contributed by atoms with Crippen LogP contribution >= 0.6 is 12.2 Å². The molecule has 0 saturated heterocycles. The van der Waals surface area contributed by atoms with Crippen LogP contribution in [0.1, 0.15) is 19.4 Å². The molecular formula is C12H18N2O3S2. The third-order valence-electron chi connectivity index (χ3n) is 2.30. The van der Waals surface area contributed by atoms with E-state index in [1.165, 1.54) is 7.11 Å². The summed E-state index contributed by atoms with van der Waals surface area (Å²) in [6.45, 7) is 3.68. The van der Waals surface area contributed by atoms with Gasteiger partial charge in [0.25, 0.3) is 0 Å². The van der Waals surface area contributed by atoms with E-state index in [9.17, 15) is 8.42 Å². The molecule has 3 N–H and O–H groups in total. The number of methoxy groups -OCH3 is 1. The van der Waals surface area contributed by atoms with E-state index < -0.39 is 10.0 Å². The van der Waals surface area contributed by atoms with Gasteiger partial charge in [0, 0.05) is 5.56 Å². The van der Waals surface area contributed by atoms with Crippen LogP contribution < -0.4 is 15.2 Å². The summed E-state index contributed by atoms with van der Waals surface area (Å²) >= 11 is 4.86. The lowest BCUT2D eigenvalue weighted by Crippen LogP contribution is -2.20. The predicted molar refractivity (Wildman–Crippen MR) is 81.1 cm³/mol. The summed E-state index contributed by atoms with van der Waals surface area (Å²) in [4.78, 5) is 0.231. The zero-order valence-corrected chi connectivity index (χ0v) is 12.8. The van der Waals surface area contributed by atoms with Crippen LogP contribution in [0.5, 0.6) is 5.75 Å². The molecule has 0 aliphatic rings. The molecule has 0 heterocycles. The van der Waals surface area contributed by atoms with Crippen molar-refractivity contribution in [2.75, 3.05) is 17.6 Å². The minimum Gasteiger partial charge on any atom is -0.495 e. The molecule has 1 aromatic rings. The number of nitrogens with one attached hydrogen (secondary N) is 1. The molecule has 0 spiro atoms. The van der Waals surface area contributed by atoms with Crippen LogP contribution in [0.15, 0.2) is 18.2 Å². The maximum absolute atomic E-state index is 11.9. The molecule has 0 radical (unpaired) electrons. The third kappa shape index (κ3) is 4.68. The first-order valence-corrected chi connectivity index (χ1v) is 7.79. The van der Waals surface area contributed by atoms with Crippen molar-refractivity contribution in [3.63, 3.8) is 0 Å². The first kappa shape index (κ1) is 15.7. The number of nitrogens with two attached hydrogens (primary N) is 1. The van der Waals surface area contributed by atoms with Crippen LogP contribution in [0.25, 0.3) is 0 Å². The van der Waals surface area contributed by atoms with E-state index in [0.29, 0.717) is 17.0 Å². The van der Waals surface area contributed by atoms with E-state index in [0.717, 1.165) is 0 Å². The van der Waals surface area contributed by atoms with Crippen molar-refractivity contribution >= 4 is 32.9 Å². The van der Waals surface area contributed by atoms with Crippen molar-refractivity contribution in [3.8, 4) is 5.75 Å². The standard InChI is InChI=1S/C12H18N2O3S2/c1-8(2)7-19(15,16)14-10-5-4-9(12(13)18)6-11(10)17-3/h4-6,8,14H,7H2,1-3H3,(H2,13,18). The zero-order chi connectivity index (χ0) is 14.6. The Bertz CT molecular complexity index is 568. The number of ether oxygens (including phenoxy) is 1. The maximum atomic E-state index is 11.9. The van der Waals surface area contributed by atoms with Gasteiger partial charge in [0.15, 0.2) is 0 Å². The van der Waals surface area contributed by atoms with Gasteiger partial charge in [0.2, 0.25) is 10.0 Å². The number of sulfonamides is 1. The van der Waals surface area contributed by atoms with Crippen LogP contribution in [-0.4, -0.2) is 26.3 Å². The summed E-state index contributed by atoms with van der Waals surface area (Å²) < 4.78 is 31.4. The first-order valence-electron chi connectivity index (χ1n) is 5.73. The number of hydrogen-bond donors (Lipinski definition) is 2. The van der Waals surface area contributed by atoms with E-state index in [1.807, 2.05) is 13.8 Å². The molecule has 0 bridgehead atoms. The minimum absolute atomic E-state index is 0.0411. The zero-order valence-electron chi connectivity index (χ0n) is 11.1. The molecule has 0 aliphatic carbocycles. The third-order valence-corrected chi connectivity index (χ3v) is 4.18. The average molecular weight is 302 g/mol. The Hall–Kier alpha value is -1.34. The monoisotopic (exact) mass is 302 g/mol. The molecule has 0 amide bonds. The topological polar surface area (TPSA) is 81.4 Å². The lowest BCUT2D eigenvalue weighted by molar-refractivity contribution is 0.417. The normalized spacial score (nSPS) is 11.4. The Kier molecular flexibility index (Phi) is 5.13. The van der Waals surface area contributed by atoms with E-state index in [4.69, 9.17) is 22.7 Å². The molecular weight excluding hydrogens is 284 g/mol. The lowest BCUT2D eigenvalue weighted by Gasteiger charge is -2.14. The molecule has 0 unspecified atom stereocenters.